The standard InChI is InChI=1S/C24H23F2N7O2/c1-13(29-19-10-16(19)25)15-6-8-32-21(27-2)11-20(31-22(15)32)30-18-5-4-7-33(24(18)34)23-17(26)9-14(35-3)12-28-23/h4-9,11-12,16,19,27,29H,1,10H2,2-3H3,(H,30,31)/t16-,19+/m1/s1. The van der Waals surface area contributed by atoms with E-state index in [4.69, 9.17) is 4.74 Å². The van der Waals surface area contributed by atoms with Crippen LogP contribution >= 0.6 is 0 Å². The molecule has 35 heavy (non-hydrogen) atoms. The van der Waals surface area contributed by atoms with Crippen molar-refractivity contribution in [2.45, 2.75) is 18.6 Å². The van der Waals surface area contributed by atoms with Crippen LogP contribution in [0.4, 0.5) is 26.1 Å². The van der Waals surface area contributed by atoms with Crippen molar-refractivity contribution in [2.24, 2.45) is 0 Å². The SMILES string of the molecule is C=C(N[C@H]1C[C@H]1F)c1ccn2c(NC)cc(Nc3cccn(-c4ncc(OC)cc4F)c3=O)nc12. The monoisotopic (exact) mass is 479 g/mol. The summed E-state index contributed by atoms with van der Waals surface area (Å²) in [4.78, 5) is 21.8. The number of nitrogens with zero attached hydrogens (tertiary/aromatic N) is 4. The molecule has 1 aliphatic carbocycles. The van der Waals surface area contributed by atoms with Gasteiger partial charge in [-0.1, -0.05) is 6.58 Å². The van der Waals surface area contributed by atoms with Gasteiger partial charge in [-0.2, -0.15) is 0 Å². The minimum Gasteiger partial charge on any atom is -0.495 e. The first-order valence-electron chi connectivity index (χ1n) is 10.9. The van der Waals surface area contributed by atoms with E-state index in [1.807, 2.05) is 16.7 Å². The zero-order chi connectivity index (χ0) is 24.7. The molecular formula is C24H23F2N7O2. The van der Waals surface area contributed by atoms with Crippen LogP contribution < -0.4 is 26.2 Å². The Morgan fingerprint density at radius 3 is 2.77 bits per heavy atom. The van der Waals surface area contributed by atoms with E-state index >= 15 is 0 Å². The Labute approximate surface area is 199 Å². The number of pyridine rings is 2. The Balaban J connectivity index is 1.51. The third-order valence-electron chi connectivity index (χ3n) is 5.74. The number of alkyl halides is 1. The first-order valence-corrected chi connectivity index (χ1v) is 10.9. The van der Waals surface area contributed by atoms with Gasteiger partial charge in [-0.25, -0.2) is 18.7 Å². The van der Waals surface area contributed by atoms with Crippen molar-refractivity contribution in [2.75, 3.05) is 24.8 Å². The van der Waals surface area contributed by atoms with Crippen molar-refractivity contribution in [1.29, 1.82) is 0 Å². The molecule has 11 heteroatoms. The molecule has 4 aromatic heterocycles. The van der Waals surface area contributed by atoms with Crippen LogP contribution in [0.3, 0.4) is 0 Å². The lowest BCUT2D eigenvalue weighted by atomic mass is 10.2. The van der Waals surface area contributed by atoms with E-state index in [0.717, 1.165) is 10.6 Å². The van der Waals surface area contributed by atoms with Crippen molar-refractivity contribution in [3.63, 3.8) is 0 Å². The highest BCUT2D eigenvalue weighted by Crippen LogP contribution is 2.30. The molecular weight excluding hydrogens is 456 g/mol. The molecule has 0 amide bonds. The molecule has 0 bridgehead atoms. The lowest BCUT2D eigenvalue weighted by Crippen LogP contribution is -2.22. The summed E-state index contributed by atoms with van der Waals surface area (Å²) in [6.07, 6.45) is 4.17. The topological polar surface area (TPSA) is 97.5 Å². The summed E-state index contributed by atoms with van der Waals surface area (Å²) in [7, 11) is 3.17. The fourth-order valence-electron chi connectivity index (χ4n) is 3.78. The Hall–Kier alpha value is -4.41. The fourth-order valence-corrected chi connectivity index (χ4v) is 3.78. The van der Waals surface area contributed by atoms with Crippen LogP contribution in [-0.2, 0) is 0 Å². The second kappa shape index (κ2) is 8.75. The Bertz CT molecular complexity index is 1500. The van der Waals surface area contributed by atoms with Gasteiger partial charge in [0.2, 0.25) is 0 Å². The van der Waals surface area contributed by atoms with Gasteiger partial charge in [0.25, 0.3) is 5.56 Å². The lowest BCUT2D eigenvalue weighted by Gasteiger charge is -2.13. The van der Waals surface area contributed by atoms with Crippen LogP contribution in [0.15, 0.2) is 60.3 Å². The largest absolute Gasteiger partial charge is 0.495 e. The van der Waals surface area contributed by atoms with Crippen molar-refractivity contribution in [3.05, 3.63) is 77.2 Å². The van der Waals surface area contributed by atoms with E-state index in [0.29, 0.717) is 35.0 Å². The number of nitrogens with one attached hydrogen (secondary N) is 3. The van der Waals surface area contributed by atoms with Crippen LogP contribution in [-0.4, -0.2) is 45.3 Å². The number of halogens is 2. The third-order valence-corrected chi connectivity index (χ3v) is 5.74. The van der Waals surface area contributed by atoms with Crippen molar-refractivity contribution in [3.8, 4) is 11.6 Å². The summed E-state index contributed by atoms with van der Waals surface area (Å²) < 4.78 is 35.8. The molecule has 5 rings (SSSR count). The van der Waals surface area contributed by atoms with Crippen LogP contribution in [0.1, 0.15) is 12.0 Å². The number of ether oxygens (including phenoxy) is 1. The lowest BCUT2D eigenvalue weighted by molar-refractivity contribution is 0.408. The van der Waals surface area contributed by atoms with Gasteiger partial charge in [0, 0.05) is 49.3 Å². The van der Waals surface area contributed by atoms with Gasteiger partial charge in [-0.3, -0.25) is 13.8 Å². The van der Waals surface area contributed by atoms with Crippen LogP contribution in [0, 0.1) is 5.82 Å². The molecule has 0 saturated heterocycles. The molecule has 4 aromatic rings. The number of rotatable bonds is 8. The zero-order valence-corrected chi connectivity index (χ0v) is 19.0. The molecule has 0 aromatic carbocycles. The van der Waals surface area contributed by atoms with Gasteiger partial charge < -0.3 is 20.7 Å². The predicted octanol–water partition coefficient (Wildman–Crippen LogP) is 3.48. The smallest absolute Gasteiger partial charge is 0.280 e. The first kappa shape index (κ1) is 22.4. The van der Waals surface area contributed by atoms with Gasteiger partial charge in [-0.05, 0) is 18.2 Å². The van der Waals surface area contributed by atoms with Crippen LogP contribution in [0.5, 0.6) is 5.75 Å². The maximum Gasteiger partial charge on any atom is 0.280 e. The van der Waals surface area contributed by atoms with Crippen LogP contribution in [0.2, 0.25) is 0 Å². The molecule has 0 unspecified atom stereocenters. The molecule has 1 fully saturated rings. The zero-order valence-electron chi connectivity index (χ0n) is 19.0. The quantitative estimate of drug-likeness (QED) is 0.356. The van der Waals surface area contributed by atoms with Crippen molar-refractivity contribution >= 4 is 28.7 Å². The number of hydrogen-bond donors (Lipinski definition) is 3. The van der Waals surface area contributed by atoms with E-state index < -0.39 is 17.5 Å². The van der Waals surface area contributed by atoms with Gasteiger partial charge in [-0.15, -0.1) is 0 Å². The minimum atomic E-state index is -0.871. The highest BCUT2D eigenvalue weighted by molar-refractivity contribution is 5.77. The van der Waals surface area contributed by atoms with Crippen LogP contribution in [0.25, 0.3) is 17.2 Å². The van der Waals surface area contributed by atoms with Gasteiger partial charge in [0.15, 0.2) is 11.6 Å². The average Bonchev–Trinajstić information content (AvgIpc) is 3.36. The number of methoxy groups -OCH3 is 1. The van der Waals surface area contributed by atoms with E-state index in [-0.39, 0.29) is 23.3 Å². The summed E-state index contributed by atoms with van der Waals surface area (Å²) in [5.74, 6) is 0.471. The number of hydrogen-bond acceptors (Lipinski definition) is 7. The average molecular weight is 479 g/mol. The molecule has 4 heterocycles. The Morgan fingerprint density at radius 1 is 1.29 bits per heavy atom. The molecule has 2 atom stereocenters. The van der Waals surface area contributed by atoms with Gasteiger partial charge in [0.05, 0.1) is 19.3 Å². The summed E-state index contributed by atoms with van der Waals surface area (Å²) in [6, 6.07) is 7.66. The highest BCUT2D eigenvalue weighted by atomic mass is 19.1. The van der Waals surface area contributed by atoms with Crippen molar-refractivity contribution < 1.29 is 13.5 Å². The van der Waals surface area contributed by atoms with E-state index in [9.17, 15) is 13.6 Å². The fraction of sp³-hybridized carbons (Fsp3) is 0.208. The summed E-state index contributed by atoms with van der Waals surface area (Å²) in [6.45, 7) is 4.03. The molecule has 9 nitrogen and oxygen atoms in total. The third kappa shape index (κ3) is 4.16. The maximum absolute atomic E-state index is 14.6. The molecule has 0 aliphatic heterocycles. The second-order valence-electron chi connectivity index (χ2n) is 8.08. The van der Waals surface area contributed by atoms with Gasteiger partial charge in [0.1, 0.15) is 34.9 Å². The normalized spacial score (nSPS) is 16.7. The second-order valence-corrected chi connectivity index (χ2v) is 8.08. The summed E-state index contributed by atoms with van der Waals surface area (Å²) >= 11 is 0. The van der Waals surface area contributed by atoms with E-state index in [2.05, 4.69) is 32.5 Å². The molecule has 180 valence electrons. The first-order chi connectivity index (χ1) is 16.9. The predicted molar refractivity (Wildman–Crippen MR) is 130 cm³/mol. The molecule has 0 spiro atoms. The number of fused-ring (bicyclic) bond motifs is 1. The summed E-state index contributed by atoms with van der Waals surface area (Å²) in [5.41, 5.74) is 1.49. The number of aromatic nitrogens is 4. The Morgan fingerprint density at radius 2 is 2.09 bits per heavy atom. The number of anilines is 3. The molecule has 0 radical (unpaired) electrons. The van der Waals surface area contributed by atoms with E-state index in [1.54, 1.807) is 25.2 Å². The van der Waals surface area contributed by atoms with Crippen molar-refractivity contribution in [1.82, 2.24) is 24.3 Å². The van der Waals surface area contributed by atoms with Gasteiger partial charge >= 0.3 is 0 Å². The van der Waals surface area contributed by atoms with E-state index in [1.165, 1.54) is 19.5 Å². The molecule has 3 N–H and O–H groups in total. The molecule has 1 saturated carbocycles. The maximum atomic E-state index is 14.6. The summed E-state index contributed by atoms with van der Waals surface area (Å²) in [5, 5.41) is 9.21. The highest BCUT2D eigenvalue weighted by Gasteiger charge is 2.37. The minimum absolute atomic E-state index is 0.152. The molecule has 1 aliphatic rings. The Kier molecular flexibility index (Phi) is 5.59.